The Hall–Kier alpha value is -1.20. The molecule has 3 nitrogen and oxygen atoms in total. The molecule has 0 aromatic heterocycles. The Morgan fingerprint density at radius 1 is 1.45 bits per heavy atom. The fraction of sp³-hybridized carbons (Fsp3) is 0.467. The molecule has 0 heterocycles. The number of benzene rings is 1. The van der Waals surface area contributed by atoms with Gasteiger partial charge in [-0.2, -0.15) is 0 Å². The Morgan fingerprint density at radius 3 is 2.85 bits per heavy atom. The summed E-state index contributed by atoms with van der Waals surface area (Å²) < 4.78 is 40.4. The van der Waals surface area contributed by atoms with Crippen molar-refractivity contribution in [2.45, 2.75) is 42.9 Å². The maximum absolute atomic E-state index is 13.2. The molecular formula is C15H18FNO2S. The molecule has 0 unspecified atom stereocenters. The summed E-state index contributed by atoms with van der Waals surface area (Å²) in [4.78, 5) is 0. The highest BCUT2D eigenvalue weighted by atomic mass is 32.2. The van der Waals surface area contributed by atoms with E-state index >= 15 is 0 Å². The van der Waals surface area contributed by atoms with Crippen LogP contribution < -0.4 is 4.72 Å². The number of halogens is 1. The molecule has 1 saturated carbocycles. The highest BCUT2D eigenvalue weighted by molar-refractivity contribution is 7.91. The number of rotatable bonds is 5. The summed E-state index contributed by atoms with van der Waals surface area (Å²) in [6.07, 6.45) is 4.96. The van der Waals surface area contributed by atoms with Crippen LogP contribution in [0.1, 0.15) is 42.9 Å². The van der Waals surface area contributed by atoms with E-state index in [1.165, 1.54) is 12.1 Å². The van der Waals surface area contributed by atoms with E-state index in [1.807, 2.05) is 0 Å². The van der Waals surface area contributed by atoms with E-state index < -0.39 is 14.8 Å². The van der Waals surface area contributed by atoms with Gasteiger partial charge in [0.1, 0.15) is 5.82 Å². The highest BCUT2D eigenvalue weighted by Crippen LogP contribution is 2.47. The van der Waals surface area contributed by atoms with E-state index in [9.17, 15) is 12.8 Å². The normalized spacial score (nSPS) is 23.4. The predicted octanol–water partition coefficient (Wildman–Crippen LogP) is 2.84. The van der Waals surface area contributed by atoms with Crippen molar-refractivity contribution in [2.24, 2.45) is 0 Å². The summed E-state index contributed by atoms with van der Waals surface area (Å²) in [5.74, 6) is -0.266. The first-order valence-electron chi connectivity index (χ1n) is 6.88. The number of sulfonamides is 1. The van der Waals surface area contributed by atoms with E-state index in [4.69, 9.17) is 0 Å². The quantitative estimate of drug-likeness (QED) is 0.849. The van der Waals surface area contributed by atoms with E-state index in [2.05, 4.69) is 11.3 Å². The second-order valence-corrected chi connectivity index (χ2v) is 7.84. The maximum atomic E-state index is 13.2. The van der Waals surface area contributed by atoms with Crippen LogP contribution in [-0.2, 0) is 16.4 Å². The van der Waals surface area contributed by atoms with Gasteiger partial charge in [-0.15, -0.1) is 6.58 Å². The van der Waals surface area contributed by atoms with Crippen LogP contribution in [0.2, 0.25) is 0 Å². The van der Waals surface area contributed by atoms with Crippen LogP contribution in [0.15, 0.2) is 30.9 Å². The minimum absolute atomic E-state index is 0.224. The summed E-state index contributed by atoms with van der Waals surface area (Å²) in [5.41, 5.74) is 1.82. The molecule has 3 rings (SSSR count). The Bertz CT molecular complexity index is 650. The van der Waals surface area contributed by atoms with Gasteiger partial charge in [0.2, 0.25) is 10.0 Å². The van der Waals surface area contributed by atoms with Gasteiger partial charge in [-0.25, -0.2) is 17.5 Å². The number of allylic oxidation sites excluding steroid dienone is 1. The van der Waals surface area contributed by atoms with Gasteiger partial charge in [-0.05, 0) is 55.4 Å². The van der Waals surface area contributed by atoms with Crippen molar-refractivity contribution in [3.8, 4) is 0 Å². The lowest BCUT2D eigenvalue weighted by molar-refractivity contribution is 0.536. The third-order valence-corrected chi connectivity index (χ3v) is 6.68. The lowest BCUT2D eigenvalue weighted by Gasteiger charge is -2.20. The Morgan fingerprint density at radius 2 is 2.20 bits per heavy atom. The minimum Gasteiger partial charge on any atom is -0.212 e. The summed E-state index contributed by atoms with van der Waals surface area (Å²) in [6.45, 7) is 3.64. The first-order valence-corrected chi connectivity index (χ1v) is 8.37. The lowest BCUT2D eigenvalue weighted by Crippen LogP contribution is -2.37. The second kappa shape index (κ2) is 4.67. The van der Waals surface area contributed by atoms with Crippen molar-refractivity contribution in [2.75, 3.05) is 0 Å². The van der Waals surface area contributed by atoms with Crippen LogP contribution in [0.4, 0.5) is 4.39 Å². The van der Waals surface area contributed by atoms with Crippen LogP contribution >= 0.6 is 0 Å². The Kier molecular flexibility index (Phi) is 3.21. The number of aryl methyl sites for hydroxylation is 1. The monoisotopic (exact) mass is 295 g/mol. The third-order valence-electron chi connectivity index (χ3n) is 4.37. The smallest absolute Gasteiger partial charge is 0.212 e. The molecule has 0 aliphatic heterocycles. The largest absolute Gasteiger partial charge is 0.218 e. The van der Waals surface area contributed by atoms with Gasteiger partial charge < -0.3 is 0 Å². The molecule has 1 N–H and O–H groups in total. The molecule has 1 atom stereocenters. The van der Waals surface area contributed by atoms with Crippen LogP contribution in [0, 0.1) is 5.82 Å². The zero-order chi connectivity index (χ0) is 14.4. The first kappa shape index (κ1) is 13.8. The van der Waals surface area contributed by atoms with E-state index in [1.54, 1.807) is 12.1 Å². The van der Waals surface area contributed by atoms with Gasteiger partial charge in [0.15, 0.2) is 0 Å². The van der Waals surface area contributed by atoms with Crippen molar-refractivity contribution in [1.29, 1.82) is 0 Å². The van der Waals surface area contributed by atoms with Gasteiger partial charge in [-0.3, -0.25) is 0 Å². The summed E-state index contributed by atoms with van der Waals surface area (Å²) in [6, 6.07) is 4.36. The van der Waals surface area contributed by atoms with Gasteiger partial charge in [0.05, 0.1) is 4.75 Å². The lowest BCUT2D eigenvalue weighted by atomic mass is 10.1. The van der Waals surface area contributed by atoms with Crippen molar-refractivity contribution >= 4 is 10.0 Å². The van der Waals surface area contributed by atoms with Crippen molar-refractivity contribution in [3.05, 3.63) is 47.8 Å². The Labute approximate surface area is 118 Å². The molecular weight excluding hydrogens is 277 g/mol. The van der Waals surface area contributed by atoms with E-state index in [-0.39, 0.29) is 11.9 Å². The average Bonchev–Trinajstić information content (AvgIpc) is 3.08. The highest BCUT2D eigenvalue weighted by Gasteiger charge is 2.54. The number of hydrogen-bond acceptors (Lipinski definition) is 2. The molecule has 1 aromatic rings. The van der Waals surface area contributed by atoms with Gasteiger partial charge in [0, 0.05) is 6.04 Å². The molecule has 5 heteroatoms. The van der Waals surface area contributed by atoms with Gasteiger partial charge >= 0.3 is 0 Å². The summed E-state index contributed by atoms with van der Waals surface area (Å²) >= 11 is 0. The first-order chi connectivity index (χ1) is 9.47. The maximum Gasteiger partial charge on any atom is 0.218 e. The van der Waals surface area contributed by atoms with Crippen molar-refractivity contribution in [1.82, 2.24) is 4.72 Å². The number of fused-ring (bicyclic) bond motifs is 1. The number of hydrogen-bond donors (Lipinski definition) is 1. The van der Waals surface area contributed by atoms with Crippen LogP contribution in [0.3, 0.4) is 0 Å². The van der Waals surface area contributed by atoms with Gasteiger partial charge in [0.25, 0.3) is 0 Å². The standard InChI is InChI=1S/C15H18FNO2S/c1-2-7-15(8-9-15)20(18,19)17-14-6-3-11-10-12(16)4-5-13(11)14/h2,4-5,10,14,17H,1,3,6-9H2/t14-/m0/s1. The average molecular weight is 295 g/mol. The molecule has 0 saturated heterocycles. The SMILES string of the molecule is C=CCC1(S(=O)(=O)N[C@H]2CCc3cc(F)ccc32)CC1. The second-order valence-electron chi connectivity index (χ2n) is 5.73. The molecule has 1 aromatic carbocycles. The summed E-state index contributed by atoms with van der Waals surface area (Å²) in [7, 11) is -3.36. The molecule has 2 aliphatic carbocycles. The molecule has 0 radical (unpaired) electrons. The topological polar surface area (TPSA) is 46.2 Å². The number of nitrogens with one attached hydrogen (secondary N) is 1. The van der Waals surface area contributed by atoms with E-state index in [0.717, 1.165) is 17.5 Å². The fourth-order valence-electron chi connectivity index (χ4n) is 3.01. The predicted molar refractivity (Wildman–Crippen MR) is 76.3 cm³/mol. The van der Waals surface area contributed by atoms with Gasteiger partial charge in [-0.1, -0.05) is 12.1 Å². The zero-order valence-electron chi connectivity index (χ0n) is 11.2. The van der Waals surface area contributed by atoms with Crippen LogP contribution in [-0.4, -0.2) is 13.2 Å². The molecule has 1 fully saturated rings. The third kappa shape index (κ3) is 2.19. The van der Waals surface area contributed by atoms with E-state index in [0.29, 0.717) is 25.7 Å². The van der Waals surface area contributed by atoms with Crippen LogP contribution in [0.5, 0.6) is 0 Å². The molecule has 0 amide bonds. The van der Waals surface area contributed by atoms with Crippen molar-refractivity contribution in [3.63, 3.8) is 0 Å². The summed E-state index contributed by atoms with van der Waals surface area (Å²) in [5, 5.41) is 0. The molecule has 108 valence electrons. The molecule has 20 heavy (non-hydrogen) atoms. The zero-order valence-corrected chi connectivity index (χ0v) is 12.0. The Balaban J connectivity index is 1.82. The van der Waals surface area contributed by atoms with Crippen molar-refractivity contribution < 1.29 is 12.8 Å². The molecule has 0 spiro atoms. The minimum atomic E-state index is -3.36. The molecule has 2 aliphatic rings. The fourth-order valence-corrected chi connectivity index (χ4v) is 4.85. The van der Waals surface area contributed by atoms with Crippen LogP contribution in [0.25, 0.3) is 0 Å². The molecule has 0 bridgehead atoms.